The van der Waals surface area contributed by atoms with E-state index in [1.807, 2.05) is 24.4 Å². The summed E-state index contributed by atoms with van der Waals surface area (Å²) in [4.78, 5) is 8.64. The number of pyridine rings is 2. The third kappa shape index (κ3) is 5.27. The van der Waals surface area contributed by atoms with E-state index in [1.54, 1.807) is 12.4 Å². The van der Waals surface area contributed by atoms with Gasteiger partial charge in [-0.15, -0.1) is 0 Å². The Kier molecular flexibility index (Phi) is 7.03. The largest absolute Gasteiger partial charge is 0.493 e. The van der Waals surface area contributed by atoms with Crippen LogP contribution < -0.4 is 9.47 Å². The molecule has 5 saturated carbocycles. The molecule has 4 aromatic rings. The molecule has 0 amide bonds. The van der Waals surface area contributed by atoms with Crippen molar-refractivity contribution in [3.8, 4) is 22.8 Å². The standard InChI is InChI=1S/C34H35Cl2N3O4/c35-26-17-37-18-27(36)30(26)31-25(32(43-39-31)21-4-5-21)19-41-34-12-9-33(10-13-34,11-14-34)20-40-23-6-7-28-24(16-23)29(8-15-38-28)42-22-2-1-3-22/h6-8,15-18,21-22H,1-5,9-14,19-20H2. The molecule has 0 N–H and O–H groups in total. The molecular weight excluding hydrogens is 585 g/mol. The molecule has 0 aliphatic heterocycles. The van der Waals surface area contributed by atoms with Crippen molar-refractivity contribution in [2.75, 3.05) is 6.61 Å². The predicted molar refractivity (Wildman–Crippen MR) is 165 cm³/mol. The molecule has 0 saturated heterocycles. The zero-order valence-electron chi connectivity index (χ0n) is 24.1. The van der Waals surface area contributed by atoms with Gasteiger partial charge in [-0.2, -0.15) is 0 Å². The van der Waals surface area contributed by atoms with Gasteiger partial charge < -0.3 is 18.7 Å². The molecule has 0 spiro atoms. The fraction of sp³-hybridized carbons (Fsp3) is 0.500. The molecule has 3 aromatic heterocycles. The fourth-order valence-electron chi connectivity index (χ4n) is 7.05. The second-order valence-electron chi connectivity index (χ2n) is 13.0. The van der Waals surface area contributed by atoms with Crippen LogP contribution in [0.15, 0.2) is 47.4 Å². The van der Waals surface area contributed by atoms with E-state index in [9.17, 15) is 0 Å². The van der Waals surface area contributed by atoms with Crippen LogP contribution in [0.4, 0.5) is 0 Å². The molecule has 43 heavy (non-hydrogen) atoms. The van der Waals surface area contributed by atoms with Gasteiger partial charge in [-0.3, -0.25) is 9.97 Å². The Balaban J connectivity index is 0.939. The third-order valence-electron chi connectivity index (χ3n) is 10.3. The fourth-order valence-corrected chi connectivity index (χ4v) is 7.59. The van der Waals surface area contributed by atoms with Crippen LogP contribution in [-0.2, 0) is 11.3 Å². The van der Waals surface area contributed by atoms with E-state index in [1.165, 1.54) is 6.42 Å². The average Bonchev–Trinajstić information content (AvgIpc) is 3.77. The first kappa shape index (κ1) is 27.7. The highest BCUT2D eigenvalue weighted by Crippen LogP contribution is 2.55. The van der Waals surface area contributed by atoms with Gasteiger partial charge >= 0.3 is 0 Å². The Hall–Kier alpha value is -2.87. The second kappa shape index (κ2) is 10.9. The van der Waals surface area contributed by atoms with Crippen molar-refractivity contribution < 1.29 is 18.7 Å². The van der Waals surface area contributed by atoms with Gasteiger partial charge in [0.2, 0.25) is 0 Å². The van der Waals surface area contributed by atoms with Gasteiger partial charge in [0.15, 0.2) is 0 Å². The number of fused-ring (bicyclic) bond motifs is 4. The molecule has 5 aliphatic carbocycles. The maximum absolute atomic E-state index is 6.81. The number of aromatic nitrogens is 3. The van der Waals surface area contributed by atoms with E-state index in [0.717, 1.165) is 97.9 Å². The first-order valence-corrected chi connectivity index (χ1v) is 16.4. The highest BCUT2D eigenvalue weighted by Gasteiger charge is 2.50. The van der Waals surface area contributed by atoms with Gasteiger partial charge in [-0.05, 0) is 94.9 Å². The quantitative estimate of drug-likeness (QED) is 0.175. The zero-order chi connectivity index (χ0) is 29.0. The van der Waals surface area contributed by atoms with Crippen LogP contribution in [0, 0.1) is 5.41 Å². The van der Waals surface area contributed by atoms with Gasteiger partial charge in [0.05, 0.1) is 40.5 Å². The predicted octanol–water partition coefficient (Wildman–Crippen LogP) is 9.09. The van der Waals surface area contributed by atoms with Crippen LogP contribution in [0.5, 0.6) is 11.5 Å². The second-order valence-corrected chi connectivity index (χ2v) is 13.9. The Morgan fingerprint density at radius 2 is 1.70 bits per heavy atom. The van der Waals surface area contributed by atoms with Crippen molar-refractivity contribution >= 4 is 34.1 Å². The lowest BCUT2D eigenvalue weighted by molar-refractivity contribution is -0.150. The van der Waals surface area contributed by atoms with Crippen LogP contribution in [0.25, 0.3) is 22.2 Å². The van der Waals surface area contributed by atoms with Gasteiger partial charge in [0.25, 0.3) is 0 Å². The van der Waals surface area contributed by atoms with Crippen LogP contribution in [0.1, 0.15) is 87.9 Å². The smallest absolute Gasteiger partial charge is 0.145 e. The summed E-state index contributed by atoms with van der Waals surface area (Å²) in [7, 11) is 0. The van der Waals surface area contributed by atoms with E-state index in [0.29, 0.717) is 46.5 Å². The van der Waals surface area contributed by atoms with Gasteiger partial charge in [0, 0.05) is 46.4 Å². The monoisotopic (exact) mass is 619 g/mol. The summed E-state index contributed by atoms with van der Waals surface area (Å²) in [6, 6.07) is 8.15. The van der Waals surface area contributed by atoms with Crippen molar-refractivity contribution in [3.63, 3.8) is 0 Å². The molecule has 5 aliphatic rings. The summed E-state index contributed by atoms with van der Waals surface area (Å²) in [5, 5.41) is 6.38. The van der Waals surface area contributed by atoms with Crippen LogP contribution in [0.3, 0.4) is 0 Å². The average molecular weight is 621 g/mol. The maximum Gasteiger partial charge on any atom is 0.145 e. The highest BCUT2D eigenvalue weighted by molar-refractivity contribution is 6.38. The molecule has 0 radical (unpaired) electrons. The number of ether oxygens (including phenoxy) is 3. The molecule has 224 valence electrons. The van der Waals surface area contributed by atoms with Crippen molar-refractivity contribution in [2.24, 2.45) is 5.41 Å². The van der Waals surface area contributed by atoms with Crippen molar-refractivity contribution in [2.45, 2.75) is 94.9 Å². The zero-order valence-corrected chi connectivity index (χ0v) is 25.6. The molecule has 9 heteroatoms. The summed E-state index contributed by atoms with van der Waals surface area (Å²) in [6.45, 7) is 1.16. The molecule has 3 heterocycles. The Morgan fingerprint density at radius 1 is 0.930 bits per heavy atom. The molecule has 7 nitrogen and oxygen atoms in total. The lowest BCUT2D eigenvalue weighted by Crippen LogP contribution is -2.49. The molecule has 0 atom stereocenters. The summed E-state index contributed by atoms with van der Waals surface area (Å²) >= 11 is 13.0. The van der Waals surface area contributed by atoms with Crippen molar-refractivity contribution in [1.29, 1.82) is 0 Å². The molecule has 2 bridgehead atoms. The molecule has 0 unspecified atom stereocenters. The normalized spacial score (nSPS) is 25.2. The Bertz CT molecular complexity index is 1620. The number of hydrogen-bond donors (Lipinski definition) is 0. The number of nitrogens with zero attached hydrogens (tertiary/aromatic N) is 3. The van der Waals surface area contributed by atoms with E-state index in [-0.39, 0.29) is 11.0 Å². The number of halogens is 2. The van der Waals surface area contributed by atoms with Crippen LogP contribution >= 0.6 is 23.2 Å². The van der Waals surface area contributed by atoms with Gasteiger partial charge in [-0.25, -0.2) is 0 Å². The highest BCUT2D eigenvalue weighted by atomic mass is 35.5. The topological polar surface area (TPSA) is 79.5 Å². The minimum atomic E-state index is -0.134. The summed E-state index contributed by atoms with van der Waals surface area (Å²) < 4.78 is 25.4. The van der Waals surface area contributed by atoms with E-state index in [4.69, 9.17) is 41.9 Å². The van der Waals surface area contributed by atoms with Crippen molar-refractivity contribution in [3.05, 3.63) is 64.2 Å². The molecule has 1 aromatic carbocycles. The molecular formula is C34H35Cl2N3O4. The lowest BCUT2D eigenvalue weighted by Gasteiger charge is -2.52. The summed E-state index contributed by atoms with van der Waals surface area (Å²) in [5.41, 5.74) is 3.31. The first-order chi connectivity index (χ1) is 21.0. The molecule has 9 rings (SSSR count). The van der Waals surface area contributed by atoms with E-state index in [2.05, 4.69) is 21.2 Å². The third-order valence-corrected chi connectivity index (χ3v) is 10.8. The number of rotatable bonds is 10. The van der Waals surface area contributed by atoms with E-state index >= 15 is 0 Å². The SMILES string of the molecule is Clc1cncc(Cl)c1-c1noc(C2CC2)c1COC12CCC(COc3ccc4nccc(OC5CCC5)c4c3)(CC1)CC2. The molecule has 5 fully saturated rings. The maximum atomic E-state index is 6.81. The van der Waals surface area contributed by atoms with Gasteiger partial charge in [-0.1, -0.05) is 28.4 Å². The summed E-state index contributed by atoms with van der Waals surface area (Å²) in [6.07, 6.45) is 17.4. The number of benzene rings is 1. The van der Waals surface area contributed by atoms with Crippen molar-refractivity contribution in [1.82, 2.24) is 15.1 Å². The first-order valence-electron chi connectivity index (χ1n) is 15.6. The number of hydrogen-bond acceptors (Lipinski definition) is 7. The van der Waals surface area contributed by atoms with Gasteiger partial charge in [0.1, 0.15) is 23.0 Å². The lowest BCUT2D eigenvalue weighted by atomic mass is 9.59. The Morgan fingerprint density at radius 3 is 2.40 bits per heavy atom. The summed E-state index contributed by atoms with van der Waals surface area (Å²) in [5.74, 6) is 3.10. The van der Waals surface area contributed by atoms with Crippen LogP contribution in [-0.4, -0.2) is 33.4 Å². The van der Waals surface area contributed by atoms with E-state index < -0.39 is 0 Å². The minimum Gasteiger partial charge on any atom is -0.493 e. The Labute approximate surface area is 261 Å². The minimum absolute atomic E-state index is 0.134. The van der Waals surface area contributed by atoms with Crippen LogP contribution in [0.2, 0.25) is 10.0 Å².